The van der Waals surface area contributed by atoms with Gasteiger partial charge < -0.3 is 16.4 Å². The normalized spacial score (nSPS) is 9.74. The smallest absolute Gasteiger partial charge is 0.224 e. The maximum absolute atomic E-state index is 11.6. The van der Waals surface area contributed by atoms with Gasteiger partial charge in [-0.25, -0.2) is 0 Å². The van der Waals surface area contributed by atoms with Crippen LogP contribution < -0.4 is 16.4 Å². The molecule has 4 N–H and O–H groups in total. The molecule has 0 radical (unpaired) electrons. The van der Waals surface area contributed by atoms with Crippen LogP contribution in [0.15, 0.2) is 24.3 Å². The lowest BCUT2D eigenvalue weighted by Crippen LogP contribution is -2.34. The van der Waals surface area contributed by atoms with Crippen LogP contribution in [0.2, 0.25) is 0 Å². The summed E-state index contributed by atoms with van der Waals surface area (Å²) in [7, 11) is 0. The van der Waals surface area contributed by atoms with Crippen molar-refractivity contribution in [3.05, 3.63) is 35.4 Å². The van der Waals surface area contributed by atoms with Crippen LogP contribution >= 0.6 is 12.2 Å². The molecule has 0 aliphatic heterocycles. The Kier molecular flexibility index (Phi) is 5.95. The molecule has 102 valence electrons. The minimum Gasteiger partial charge on any atom is -0.389 e. The number of nitrogens with two attached hydrogens (primary N) is 1. The molecule has 0 heterocycles. The highest BCUT2D eigenvalue weighted by molar-refractivity contribution is 7.80. The number of carbonyl (C=O) groups is 2. The van der Waals surface area contributed by atoms with Crippen LogP contribution in [-0.4, -0.2) is 29.9 Å². The fraction of sp³-hybridized carbons (Fsp3) is 0.308. The van der Waals surface area contributed by atoms with Crippen LogP contribution in [0.4, 0.5) is 0 Å². The maximum atomic E-state index is 11.6. The van der Waals surface area contributed by atoms with Crippen LogP contribution in [0.3, 0.4) is 0 Å². The first kappa shape index (κ1) is 15.1. The van der Waals surface area contributed by atoms with Crippen LogP contribution in [0.25, 0.3) is 0 Å². The second-order valence-electron chi connectivity index (χ2n) is 4.07. The van der Waals surface area contributed by atoms with Crippen molar-refractivity contribution in [3.63, 3.8) is 0 Å². The molecule has 1 aromatic carbocycles. The summed E-state index contributed by atoms with van der Waals surface area (Å²) in [5, 5.41) is 5.32. The van der Waals surface area contributed by atoms with Crippen molar-refractivity contribution in [1.29, 1.82) is 0 Å². The number of amides is 2. The Morgan fingerprint density at radius 1 is 1.16 bits per heavy atom. The van der Waals surface area contributed by atoms with E-state index in [0.29, 0.717) is 18.1 Å². The van der Waals surface area contributed by atoms with Gasteiger partial charge in [-0.3, -0.25) is 9.59 Å². The summed E-state index contributed by atoms with van der Waals surface area (Å²) in [5.74, 6) is -0.198. The number of rotatable bonds is 6. The lowest BCUT2D eigenvalue weighted by atomic mass is 10.1. The van der Waals surface area contributed by atoms with Crippen molar-refractivity contribution in [3.8, 4) is 0 Å². The van der Waals surface area contributed by atoms with Crippen LogP contribution in [0, 0.1) is 0 Å². The van der Waals surface area contributed by atoms with Gasteiger partial charge >= 0.3 is 0 Å². The Morgan fingerprint density at radius 2 is 1.74 bits per heavy atom. The third-order valence-electron chi connectivity index (χ3n) is 2.42. The molecule has 0 fully saturated rings. The monoisotopic (exact) mass is 279 g/mol. The Balaban J connectivity index is 2.35. The van der Waals surface area contributed by atoms with E-state index in [1.54, 1.807) is 12.1 Å². The zero-order valence-corrected chi connectivity index (χ0v) is 11.5. The van der Waals surface area contributed by atoms with E-state index in [0.717, 1.165) is 11.1 Å². The molecule has 0 unspecified atom stereocenters. The summed E-state index contributed by atoms with van der Waals surface area (Å²) in [5.41, 5.74) is 7.16. The Labute approximate surface area is 117 Å². The molecule has 1 aromatic rings. The molecule has 0 aliphatic rings. The van der Waals surface area contributed by atoms with E-state index in [1.807, 2.05) is 12.1 Å². The molecular weight excluding hydrogens is 262 g/mol. The van der Waals surface area contributed by atoms with Gasteiger partial charge in [-0.05, 0) is 5.56 Å². The van der Waals surface area contributed by atoms with E-state index >= 15 is 0 Å². The van der Waals surface area contributed by atoms with Crippen molar-refractivity contribution in [1.82, 2.24) is 10.6 Å². The van der Waals surface area contributed by atoms with Crippen LogP contribution in [0.5, 0.6) is 0 Å². The summed E-state index contributed by atoms with van der Waals surface area (Å²) in [6.07, 6.45) is 0.289. The summed E-state index contributed by atoms with van der Waals surface area (Å²) >= 11 is 4.85. The Bertz CT molecular complexity index is 471. The highest BCUT2D eigenvalue weighted by Crippen LogP contribution is 2.05. The third-order valence-corrected chi connectivity index (χ3v) is 2.66. The first-order valence-electron chi connectivity index (χ1n) is 5.89. The lowest BCUT2D eigenvalue weighted by Gasteiger charge is -2.06. The molecule has 0 spiro atoms. The molecule has 0 bridgehead atoms. The van der Waals surface area contributed by atoms with Crippen molar-refractivity contribution < 1.29 is 9.59 Å². The van der Waals surface area contributed by atoms with Gasteiger partial charge in [0.25, 0.3) is 0 Å². The number of benzene rings is 1. The van der Waals surface area contributed by atoms with Gasteiger partial charge in [0.05, 0.1) is 6.42 Å². The molecule has 0 saturated heterocycles. The minimum atomic E-state index is -0.109. The van der Waals surface area contributed by atoms with E-state index in [9.17, 15) is 9.59 Å². The standard InChI is InChI=1S/C13H17N3O2S/c1-9(17)15-6-7-16-12(18)8-10-2-4-11(5-3-10)13(14)19/h2-5H,6-8H2,1H3,(H2,14,19)(H,15,17)(H,16,18). The van der Waals surface area contributed by atoms with Crippen LogP contribution in [0.1, 0.15) is 18.1 Å². The average Bonchev–Trinajstić information content (AvgIpc) is 2.35. The summed E-state index contributed by atoms with van der Waals surface area (Å²) in [4.78, 5) is 22.6. The molecule has 0 atom stereocenters. The molecule has 5 nitrogen and oxygen atoms in total. The van der Waals surface area contributed by atoms with E-state index in [2.05, 4.69) is 10.6 Å². The highest BCUT2D eigenvalue weighted by Gasteiger charge is 2.03. The first-order valence-corrected chi connectivity index (χ1v) is 6.29. The molecule has 19 heavy (non-hydrogen) atoms. The Hall–Kier alpha value is -1.95. The van der Waals surface area contributed by atoms with Crippen molar-refractivity contribution in [2.45, 2.75) is 13.3 Å². The molecule has 0 aliphatic carbocycles. The highest BCUT2D eigenvalue weighted by atomic mass is 32.1. The molecule has 6 heteroatoms. The predicted octanol–water partition coefficient (Wildman–Crippen LogP) is 0.116. The van der Waals surface area contributed by atoms with Crippen LogP contribution in [-0.2, 0) is 16.0 Å². The largest absolute Gasteiger partial charge is 0.389 e. The minimum absolute atomic E-state index is 0.0894. The maximum Gasteiger partial charge on any atom is 0.224 e. The van der Waals surface area contributed by atoms with Gasteiger partial charge in [0.15, 0.2) is 0 Å². The van der Waals surface area contributed by atoms with E-state index in [1.165, 1.54) is 6.92 Å². The molecular formula is C13H17N3O2S. The zero-order valence-electron chi connectivity index (χ0n) is 10.7. The summed E-state index contributed by atoms with van der Waals surface area (Å²) in [6.45, 7) is 2.29. The second-order valence-corrected chi connectivity index (χ2v) is 4.51. The van der Waals surface area contributed by atoms with Gasteiger partial charge in [-0.1, -0.05) is 36.5 Å². The van der Waals surface area contributed by atoms with Gasteiger partial charge in [0.1, 0.15) is 4.99 Å². The van der Waals surface area contributed by atoms with Crippen molar-refractivity contribution >= 4 is 29.0 Å². The number of thiocarbonyl (C=S) groups is 1. The average molecular weight is 279 g/mol. The van der Waals surface area contributed by atoms with Crippen molar-refractivity contribution in [2.24, 2.45) is 5.73 Å². The van der Waals surface area contributed by atoms with E-state index in [4.69, 9.17) is 18.0 Å². The summed E-state index contributed by atoms with van der Waals surface area (Å²) < 4.78 is 0. The quantitative estimate of drug-likeness (QED) is 0.510. The molecule has 2 amide bonds. The van der Waals surface area contributed by atoms with Gasteiger partial charge in [0.2, 0.25) is 11.8 Å². The van der Waals surface area contributed by atoms with Gasteiger partial charge in [0, 0.05) is 25.6 Å². The zero-order chi connectivity index (χ0) is 14.3. The molecule has 1 rings (SSSR count). The fourth-order valence-corrected chi connectivity index (χ4v) is 1.61. The Morgan fingerprint density at radius 3 is 2.26 bits per heavy atom. The van der Waals surface area contributed by atoms with E-state index in [-0.39, 0.29) is 18.2 Å². The number of nitrogens with one attached hydrogen (secondary N) is 2. The van der Waals surface area contributed by atoms with Gasteiger partial charge in [-0.15, -0.1) is 0 Å². The topological polar surface area (TPSA) is 84.2 Å². The second kappa shape index (κ2) is 7.48. The van der Waals surface area contributed by atoms with Crippen molar-refractivity contribution in [2.75, 3.05) is 13.1 Å². The number of hydrogen-bond acceptors (Lipinski definition) is 3. The first-order chi connectivity index (χ1) is 8.99. The van der Waals surface area contributed by atoms with E-state index < -0.39 is 0 Å². The summed E-state index contributed by atoms with van der Waals surface area (Å²) in [6, 6.07) is 7.23. The SMILES string of the molecule is CC(=O)NCCNC(=O)Cc1ccc(C(N)=S)cc1. The lowest BCUT2D eigenvalue weighted by molar-refractivity contribution is -0.121. The number of carbonyl (C=O) groups excluding carboxylic acids is 2. The molecule has 0 saturated carbocycles. The predicted molar refractivity (Wildman–Crippen MR) is 77.7 cm³/mol. The molecule has 0 aromatic heterocycles. The number of hydrogen-bond donors (Lipinski definition) is 3. The third kappa shape index (κ3) is 5.96. The fourth-order valence-electron chi connectivity index (χ4n) is 1.48. The van der Waals surface area contributed by atoms with Gasteiger partial charge in [-0.2, -0.15) is 0 Å².